The van der Waals surface area contributed by atoms with Crippen LogP contribution in [0.5, 0.6) is 0 Å². The van der Waals surface area contributed by atoms with Gasteiger partial charge in [-0.15, -0.1) is 0 Å². The molecule has 2 atom stereocenters. The first-order valence-corrected chi connectivity index (χ1v) is 8.24. The molecule has 0 radical (unpaired) electrons. The van der Waals surface area contributed by atoms with Gasteiger partial charge in [-0.3, -0.25) is 10.3 Å². The zero-order chi connectivity index (χ0) is 13.4. The van der Waals surface area contributed by atoms with Crippen molar-refractivity contribution in [1.82, 2.24) is 5.48 Å². The predicted octanol–water partition coefficient (Wildman–Crippen LogP) is 2.90. The summed E-state index contributed by atoms with van der Waals surface area (Å²) >= 11 is 0. The lowest BCUT2D eigenvalue weighted by Gasteiger charge is -2.34. The highest BCUT2D eigenvalue weighted by molar-refractivity contribution is 5.21. The first-order valence-electron chi connectivity index (χ1n) is 8.24. The maximum atomic E-state index is 5.76. The molecule has 2 aliphatic heterocycles. The number of allylic oxidation sites excluding steroid dienone is 1. The lowest BCUT2D eigenvalue weighted by Crippen LogP contribution is -2.31. The van der Waals surface area contributed by atoms with Gasteiger partial charge in [0.2, 0.25) is 0 Å². The fourth-order valence-corrected chi connectivity index (χ4v) is 3.95. The summed E-state index contributed by atoms with van der Waals surface area (Å²) in [6.45, 7) is 1.55. The standard InChI is InChI=1S/C16H25NO3/c1-2-4-14(15-18-9-10-19-15)12(3-1)5-6-13-11-16(7-8-16)20-17-13/h11-12,14-15,17H,1-10H2. The SMILES string of the molecule is C1=C(CCC2CCCCC2C2OCCO2)NOC12CC2. The highest BCUT2D eigenvalue weighted by Gasteiger charge is 2.46. The van der Waals surface area contributed by atoms with Crippen molar-refractivity contribution in [1.29, 1.82) is 0 Å². The van der Waals surface area contributed by atoms with E-state index in [0.717, 1.165) is 25.6 Å². The molecule has 2 unspecified atom stereocenters. The summed E-state index contributed by atoms with van der Waals surface area (Å²) in [6.07, 6.45) is 12.4. The van der Waals surface area contributed by atoms with Crippen LogP contribution in [0.15, 0.2) is 11.8 Å². The molecule has 0 aromatic rings. The van der Waals surface area contributed by atoms with Gasteiger partial charge in [-0.1, -0.05) is 12.8 Å². The van der Waals surface area contributed by atoms with E-state index >= 15 is 0 Å². The minimum Gasteiger partial charge on any atom is -0.350 e. The molecule has 2 aliphatic carbocycles. The molecule has 0 amide bonds. The minimum absolute atomic E-state index is 0.0665. The van der Waals surface area contributed by atoms with Crippen molar-refractivity contribution < 1.29 is 14.3 Å². The molecule has 4 nitrogen and oxygen atoms in total. The fourth-order valence-electron chi connectivity index (χ4n) is 3.95. The molecule has 1 spiro atoms. The second-order valence-corrected chi connectivity index (χ2v) is 6.80. The molecule has 112 valence electrons. The highest BCUT2D eigenvalue weighted by atomic mass is 16.7. The maximum Gasteiger partial charge on any atom is 0.160 e. The van der Waals surface area contributed by atoms with E-state index in [4.69, 9.17) is 14.3 Å². The van der Waals surface area contributed by atoms with Crippen molar-refractivity contribution in [3.05, 3.63) is 11.8 Å². The number of ether oxygens (including phenoxy) is 2. The zero-order valence-corrected chi connectivity index (χ0v) is 12.1. The Morgan fingerprint density at radius 3 is 2.70 bits per heavy atom. The maximum absolute atomic E-state index is 5.76. The monoisotopic (exact) mass is 279 g/mol. The Hall–Kier alpha value is -0.580. The van der Waals surface area contributed by atoms with Gasteiger partial charge in [0.25, 0.3) is 0 Å². The Morgan fingerprint density at radius 1 is 1.15 bits per heavy atom. The van der Waals surface area contributed by atoms with Crippen molar-refractivity contribution in [3.63, 3.8) is 0 Å². The third kappa shape index (κ3) is 2.61. The minimum atomic E-state index is 0.0665. The largest absolute Gasteiger partial charge is 0.350 e. The molecule has 0 bridgehead atoms. The van der Waals surface area contributed by atoms with Gasteiger partial charge in [0.1, 0.15) is 5.60 Å². The average molecular weight is 279 g/mol. The van der Waals surface area contributed by atoms with Crippen LogP contribution in [0.1, 0.15) is 51.4 Å². The van der Waals surface area contributed by atoms with Gasteiger partial charge in [-0.25, -0.2) is 0 Å². The van der Waals surface area contributed by atoms with Crippen LogP contribution in [0, 0.1) is 11.8 Å². The van der Waals surface area contributed by atoms with Crippen LogP contribution in [0.4, 0.5) is 0 Å². The van der Waals surface area contributed by atoms with Gasteiger partial charge in [0.05, 0.1) is 13.2 Å². The summed E-state index contributed by atoms with van der Waals surface area (Å²) in [4.78, 5) is 5.64. The van der Waals surface area contributed by atoms with E-state index in [1.165, 1.54) is 50.6 Å². The summed E-state index contributed by atoms with van der Waals surface area (Å²) in [6, 6.07) is 0. The molecular weight excluding hydrogens is 254 g/mol. The van der Waals surface area contributed by atoms with Crippen LogP contribution in [0.25, 0.3) is 0 Å². The van der Waals surface area contributed by atoms with E-state index in [-0.39, 0.29) is 11.9 Å². The van der Waals surface area contributed by atoms with E-state index in [2.05, 4.69) is 11.6 Å². The summed E-state index contributed by atoms with van der Waals surface area (Å²) in [7, 11) is 0. The molecule has 20 heavy (non-hydrogen) atoms. The Balaban J connectivity index is 1.33. The fraction of sp³-hybridized carbons (Fsp3) is 0.875. The zero-order valence-electron chi connectivity index (χ0n) is 12.1. The number of nitrogens with one attached hydrogen (secondary N) is 1. The van der Waals surface area contributed by atoms with Gasteiger partial charge in [0.15, 0.2) is 6.29 Å². The van der Waals surface area contributed by atoms with Crippen molar-refractivity contribution in [2.45, 2.75) is 63.3 Å². The number of rotatable bonds is 4. The molecular formula is C16H25NO3. The summed E-state index contributed by atoms with van der Waals surface area (Å²) in [5.41, 5.74) is 4.51. The first kappa shape index (κ1) is 13.1. The van der Waals surface area contributed by atoms with Gasteiger partial charge in [-0.2, -0.15) is 0 Å². The number of hydrogen-bond donors (Lipinski definition) is 1. The van der Waals surface area contributed by atoms with E-state index in [9.17, 15) is 0 Å². The molecule has 0 aromatic heterocycles. The first-order chi connectivity index (χ1) is 9.85. The van der Waals surface area contributed by atoms with Crippen LogP contribution in [0.2, 0.25) is 0 Å². The quantitative estimate of drug-likeness (QED) is 0.859. The average Bonchev–Trinajstić information content (AvgIpc) is 2.91. The third-order valence-electron chi connectivity index (χ3n) is 5.31. The van der Waals surface area contributed by atoms with Crippen LogP contribution >= 0.6 is 0 Å². The van der Waals surface area contributed by atoms with Crippen LogP contribution < -0.4 is 5.48 Å². The van der Waals surface area contributed by atoms with E-state index in [1.54, 1.807) is 0 Å². The van der Waals surface area contributed by atoms with Crippen molar-refractivity contribution in [3.8, 4) is 0 Å². The van der Waals surface area contributed by atoms with Crippen molar-refractivity contribution in [2.75, 3.05) is 13.2 Å². The predicted molar refractivity (Wildman–Crippen MR) is 74.6 cm³/mol. The Labute approximate surface area is 120 Å². The highest BCUT2D eigenvalue weighted by Crippen LogP contribution is 2.45. The number of hydrogen-bond acceptors (Lipinski definition) is 4. The smallest absolute Gasteiger partial charge is 0.160 e. The Morgan fingerprint density at radius 2 is 1.95 bits per heavy atom. The Bertz CT molecular complexity index is 385. The molecule has 1 N–H and O–H groups in total. The molecule has 0 aromatic carbocycles. The van der Waals surface area contributed by atoms with E-state index < -0.39 is 0 Å². The second kappa shape index (κ2) is 5.32. The molecule has 3 fully saturated rings. The second-order valence-electron chi connectivity index (χ2n) is 6.80. The summed E-state index contributed by atoms with van der Waals surface area (Å²) in [5.74, 6) is 1.34. The van der Waals surface area contributed by atoms with Crippen LogP contribution in [0.3, 0.4) is 0 Å². The van der Waals surface area contributed by atoms with Crippen molar-refractivity contribution in [2.24, 2.45) is 11.8 Å². The van der Waals surface area contributed by atoms with Crippen LogP contribution in [-0.4, -0.2) is 25.1 Å². The normalized spacial score (nSPS) is 36.1. The Kier molecular flexibility index (Phi) is 3.49. The lowest BCUT2D eigenvalue weighted by molar-refractivity contribution is -0.110. The molecule has 4 aliphatic rings. The van der Waals surface area contributed by atoms with Gasteiger partial charge in [-0.05, 0) is 50.5 Å². The van der Waals surface area contributed by atoms with E-state index in [1.807, 2.05) is 0 Å². The molecule has 4 rings (SSSR count). The summed E-state index contributed by atoms with van der Waals surface area (Å²) in [5, 5.41) is 0. The third-order valence-corrected chi connectivity index (χ3v) is 5.31. The topological polar surface area (TPSA) is 39.7 Å². The van der Waals surface area contributed by atoms with Crippen molar-refractivity contribution >= 4 is 0 Å². The van der Waals surface area contributed by atoms with Gasteiger partial charge >= 0.3 is 0 Å². The molecule has 1 saturated heterocycles. The summed E-state index contributed by atoms with van der Waals surface area (Å²) < 4.78 is 11.5. The number of hydroxylamine groups is 1. The van der Waals surface area contributed by atoms with Gasteiger partial charge in [0, 0.05) is 11.6 Å². The van der Waals surface area contributed by atoms with Crippen LogP contribution in [-0.2, 0) is 14.3 Å². The molecule has 2 saturated carbocycles. The molecule has 4 heteroatoms. The van der Waals surface area contributed by atoms with Gasteiger partial charge < -0.3 is 9.47 Å². The molecule has 2 heterocycles. The lowest BCUT2D eigenvalue weighted by atomic mass is 9.76. The van der Waals surface area contributed by atoms with E-state index in [0.29, 0.717) is 5.92 Å².